The maximum Gasteiger partial charge on any atom is 0.417 e. The van der Waals surface area contributed by atoms with Crippen LogP contribution in [-0.2, 0) is 11.0 Å². The predicted octanol–water partition coefficient (Wildman–Crippen LogP) is 3.14. The van der Waals surface area contributed by atoms with Crippen LogP contribution in [0.2, 0.25) is 0 Å². The Balaban J connectivity index is 3.08. The van der Waals surface area contributed by atoms with Crippen molar-refractivity contribution < 1.29 is 23.1 Å². The van der Waals surface area contributed by atoms with E-state index in [1.54, 1.807) is 0 Å². The van der Waals surface area contributed by atoms with E-state index in [-0.39, 0.29) is 0 Å². The molecule has 0 saturated heterocycles. The maximum atomic E-state index is 12.5. The lowest BCUT2D eigenvalue weighted by molar-refractivity contribution is -0.138. The third kappa shape index (κ3) is 3.40. The molecule has 0 fully saturated rings. The third-order valence-electron chi connectivity index (χ3n) is 2.08. The van der Waals surface area contributed by atoms with Crippen LogP contribution in [0, 0.1) is 11.3 Å². The largest absolute Gasteiger partial charge is 0.480 e. The van der Waals surface area contributed by atoms with Gasteiger partial charge in [0.15, 0.2) is 0 Å². The summed E-state index contributed by atoms with van der Waals surface area (Å²) < 4.78 is 37.5. The molecule has 0 aromatic heterocycles. The van der Waals surface area contributed by atoms with Crippen LogP contribution in [0.15, 0.2) is 23.1 Å². The topological polar surface area (TPSA) is 61.1 Å². The van der Waals surface area contributed by atoms with Gasteiger partial charge in [-0.25, -0.2) is 0 Å². The Morgan fingerprint density at radius 3 is 2.56 bits per heavy atom. The van der Waals surface area contributed by atoms with Crippen LogP contribution in [0.5, 0.6) is 0 Å². The molecule has 0 heterocycles. The summed E-state index contributed by atoms with van der Waals surface area (Å²) in [6, 6.07) is 4.46. The summed E-state index contributed by atoms with van der Waals surface area (Å²) in [5, 5.41) is 16.6. The van der Waals surface area contributed by atoms with E-state index in [1.807, 2.05) is 0 Å². The standard InChI is InChI=1S/C11H8F3NO2S/c1-6(10(16)17)18-8-2-3-9(11(12,13)14)7(4-8)5-15/h2-4,6H,1H3,(H,16,17). The van der Waals surface area contributed by atoms with Gasteiger partial charge in [-0.3, -0.25) is 4.79 Å². The molecule has 1 aromatic rings. The fourth-order valence-corrected chi connectivity index (χ4v) is 2.03. The van der Waals surface area contributed by atoms with Crippen LogP contribution in [0.4, 0.5) is 13.2 Å². The Morgan fingerprint density at radius 2 is 2.11 bits per heavy atom. The molecule has 0 aliphatic rings. The van der Waals surface area contributed by atoms with Gasteiger partial charge in [0.25, 0.3) is 0 Å². The average molecular weight is 275 g/mol. The molecular formula is C11H8F3NO2S. The van der Waals surface area contributed by atoms with Gasteiger partial charge in [-0.1, -0.05) is 0 Å². The Bertz CT molecular complexity index is 508. The molecule has 18 heavy (non-hydrogen) atoms. The first-order valence-electron chi connectivity index (χ1n) is 4.76. The number of nitrogens with zero attached hydrogens (tertiary/aromatic N) is 1. The van der Waals surface area contributed by atoms with Gasteiger partial charge in [-0.05, 0) is 25.1 Å². The SMILES string of the molecule is CC(Sc1ccc(C(F)(F)F)c(C#N)c1)C(=O)O. The third-order valence-corrected chi connectivity index (χ3v) is 3.16. The number of carboxylic acid groups (broad SMARTS) is 1. The van der Waals surface area contributed by atoms with E-state index < -0.39 is 28.5 Å². The average Bonchev–Trinajstić information content (AvgIpc) is 2.27. The molecule has 0 aliphatic heterocycles. The lowest BCUT2D eigenvalue weighted by Gasteiger charge is -2.11. The molecule has 1 N–H and O–H groups in total. The number of alkyl halides is 3. The van der Waals surface area contributed by atoms with Crippen molar-refractivity contribution in [2.75, 3.05) is 0 Å². The first-order chi connectivity index (χ1) is 8.25. The van der Waals surface area contributed by atoms with E-state index in [1.165, 1.54) is 13.0 Å². The van der Waals surface area contributed by atoms with E-state index in [2.05, 4.69) is 0 Å². The van der Waals surface area contributed by atoms with E-state index in [0.717, 1.165) is 30.0 Å². The minimum absolute atomic E-state index is 0.314. The minimum Gasteiger partial charge on any atom is -0.480 e. The maximum absolute atomic E-state index is 12.5. The highest BCUT2D eigenvalue weighted by Crippen LogP contribution is 2.34. The van der Waals surface area contributed by atoms with Crippen LogP contribution >= 0.6 is 11.8 Å². The molecular weight excluding hydrogens is 267 g/mol. The van der Waals surface area contributed by atoms with Crippen LogP contribution in [0.3, 0.4) is 0 Å². The summed E-state index contributed by atoms with van der Waals surface area (Å²) in [5.41, 5.74) is -1.53. The van der Waals surface area contributed by atoms with E-state index in [9.17, 15) is 18.0 Å². The molecule has 7 heteroatoms. The Labute approximate surface area is 105 Å². The first kappa shape index (κ1) is 14.4. The number of benzene rings is 1. The summed E-state index contributed by atoms with van der Waals surface area (Å²) in [5.74, 6) is -1.07. The summed E-state index contributed by atoms with van der Waals surface area (Å²) in [4.78, 5) is 10.9. The van der Waals surface area contributed by atoms with Crippen LogP contribution in [0.1, 0.15) is 18.1 Å². The molecule has 0 amide bonds. The van der Waals surface area contributed by atoms with Crippen molar-refractivity contribution in [2.24, 2.45) is 0 Å². The molecule has 1 unspecified atom stereocenters. The lowest BCUT2D eigenvalue weighted by atomic mass is 10.1. The van der Waals surface area contributed by atoms with Crippen molar-refractivity contribution in [3.05, 3.63) is 29.3 Å². The number of halogens is 3. The summed E-state index contributed by atoms with van der Waals surface area (Å²) in [7, 11) is 0. The van der Waals surface area contributed by atoms with Crippen LogP contribution in [-0.4, -0.2) is 16.3 Å². The minimum atomic E-state index is -4.59. The van der Waals surface area contributed by atoms with Crippen molar-refractivity contribution in [3.8, 4) is 6.07 Å². The van der Waals surface area contributed by atoms with E-state index in [0.29, 0.717) is 4.90 Å². The number of carbonyl (C=O) groups is 1. The van der Waals surface area contributed by atoms with Crippen molar-refractivity contribution in [1.29, 1.82) is 5.26 Å². The first-order valence-corrected chi connectivity index (χ1v) is 5.64. The fraction of sp³-hybridized carbons (Fsp3) is 0.273. The summed E-state index contributed by atoms with van der Waals surface area (Å²) in [6.45, 7) is 1.41. The van der Waals surface area contributed by atoms with Gasteiger partial charge in [-0.15, -0.1) is 11.8 Å². The molecule has 0 bridgehead atoms. The normalized spacial score (nSPS) is 12.8. The van der Waals surface area contributed by atoms with Gasteiger partial charge in [0, 0.05) is 4.90 Å². The number of aliphatic carboxylic acids is 1. The Hall–Kier alpha value is -1.68. The molecule has 3 nitrogen and oxygen atoms in total. The van der Waals surface area contributed by atoms with Crippen molar-refractivity contribution in [2.45, 2.75) is 23.2 Å². The van der Waals surface area contributed by atoms with Crippen molar-refractivity contribution in [1.82, 2.24) is 0 Å². The zero-order chi connectivity index (χ0) is 13.9. The smallest absolute Gasteiger partial charge is 0.417 e. The summed E-state index contributed by atoms with van der Waals surface area (Å²) >= 11 is 0.883. The highest BCUT2D eigenvalue weighted by atomic mass is 32.2. The molecule has 96 valence electrons. The second kappa shape index (κ2) is 5.31. The number of hydrogen-bond acceptors (Lipinski definition) is 3. The second-order valence-electron chi connectivity index (χ2n) is 3.42. The zero-order valence-electron chi connectivity index (χ0n) is 9.15. The lowest BCUT2D eigenvalue weighted by Crippen LogP contribution is -2.11. The van der Waals surface area contributed by atoms with Gasteiger partial charge >= 0.3 is 12.1 Å². The number of carboxylic acids is 1. The van der Waals surface area contributed by atoms with Gasteiger partial charge < -0.3 is 5.11 Å². The second-order valence-corrected chi connectivity index (χ2v) is 4.83. The predicted molar refractivity (Wildman–Crippen MR) is 59.1 cm³/mol. The Kier molecular flexibility index (Phi) is 4.24. The van der Waals surface area contributed by atoms with Gasteiger partial charge in [0.2, 0.25) is 0 Å². The fourth-order valence-electron chi connectivity index (χ4n) is 1.19. The van der Waals surface area contributed by atoms with Crippen LogP contribution in [0.25, 0.3) is 0 Å². The van der Waals surface area contributed by atoms with Crippen LogP contribution < -0.4 is 0 Å². The monoisotopic (exact) mass is 275 g/mol. The zero-order valence-corrected chi connectivity index (χ0v) is 9.97. The molecule has 0 radical (unpaired) electrons. The van der Waals surface area contributed by atoms with E-state index in [4.69, 9.17) is 10.4 Å². The van der Waals surface area contributed by atoms with Gasteiger partial charge in [0.1, 0.15) is 5.25 Å². The molecule has 1 atom stereocenters. The van der Waals surface area contributed by atoms with Crippen molar-refractivity contribution in [3.63, 3.8) is 0 Å². The quantitative estimate of drug-likeness (QED) is 0.861. The Morgan fingerprint density at radius 1 is 1.50 bits per heavy atom. The summed E-state index contributed by atoms with van der Waals surface area (Å²) in [6.07, 6.45) is -4.59. The van der Waals surface area contributed by atoms with Crippen molar-refractivity contribution >= 4 is 17.7 Å². The number of hydrogen-bond donors (Lipinski definition) is 1. The number of nitriles is 1. The molecule has 0 saturated carbocycles. The van der Waals surface area contributed by atoms with Gasteiger partial charge in [0.05, 0.1) is 17.2 Å². The molecule has 1 rings (SSSR count). The number of rotatable bonds is 3. The molecule has 0 spiro atoms. The highest BCUT2D eigenvalue weighted by molar-refractivity contribution is 8.00. The molecule has 1 aromatic carbocycles. The van der Waals surface area contributed by atoms with Gasteiger partial charge in [-0.2, -0.15) is 18.4 Å². The van der Waals surface area contributed by atoms with E-state index >= 15 is 0 Å². The number of thioether (sulfide) groups is 1. The highest BCUT2D eigenvalue weighted by Gasteiger charge is 2.33. The molecule has 0 aliphatic carbocycles.